The van der Waals surface area contributed by atoms with Crippen LogP contribution >= 0.6 is 27.5 Å². The van der Waals surface area contributed by atoms with Crippen molar-refractivity contribution in [2.45, 2.75) is 24.1 Å². The summed E-state index contributed by atoms with van der Waals surface area (Å²) in [5.74, 6) is 1.11. The molecule has 1 aromatic rings. The highest BCUT2D eigenvalue weighted by molar-refractivity contribution is 9.09. The zero-order chi connectivity index (χ0) is 13.7. The average molecular weight is 347 g/mol. The van der Waals surface area contributed by atoms with Gasteiger partial charge in [0.15, 0.2) is 6.61 Å². The van der Waals surface area contributed by atoms with Gasteiger partial charge in [-0.15, -0.1) is 0 Å². The van der Waals surface area contributed by atoms with Crippen LogP contribution in [0.25, 0.3) is 0 Å². The van der Waals surface area contributed by atoms with E-state index in [1.165, 1.54) is 19.3 Å². The molecule has 0 heterocycles. The summed E-state index contributed by atoms with van der Waals surface area (Å²) in [6, 6.07) is 6.98. The Morgan fingerprint density at radius 1 is 1.37 bits per heavy atom. The zero-order valence-corrected chi connectivity index (χ0v) is 12.9. The summed E-state index contributed by atoms with van der Waals surface area (Å²) in [5, 5.41) is 3.57. The van der Waals surface area contributed by atoms with Crippen molar-refractivity contribution in [2.75, 3.05) is 13.2 Å². The van der Waals surface area contributed by atoms with Crippen LogP contribution in [0.5, 0.6) is 5.75 Å². The molecule has 1 aliphatic rings. The van der Waals surface area contributed by atoms with E-state index in [1.54, 1.807) is 24.3 Å². The van der Waals surface area contributed by atoms with Gasteiger partial charge in [0, 0.05) is 16.4 Å². The highest BCUT2D eigenvalue weighted by Crippen LogP contribution is 2.30. The van der Waals surface area contributed by atoms with Crippen LogP contribution in [0.2, 0.25) is 5.02 Å². The van der Waals surface area contributed by atoms with E-state index in [0.717, 1.165) is 6.54 Å². The second kappa shape index (κ2) is 7.15. The highest BCUT2D eigenvalue weighted by Gasteiger charge is 2.24. The zero-order valence-electron chi connectivity index (χ0n) is 10.6. The summed E-state index contributed by atoms with van der Waals surface area (Å²) in [6.07, 6.45) is 3.60. The van der Waals surface area contributed by atoms with E-state index in [9.17, 15) is 4.79 Å². The van der Waals surface area contributed by atoms with Crippen LogP contribution in [0.4, 0.5) is 0 Å². The molecule has 0 saturated heterocycles. The predicted molar refractivity (Wildman–Crippen MR) is 80.0 cm³/mol. The van der Waals surface area contributed by atoms with Gasteiger partial charge in [-0.1, -0.05) is 34.0 Å². The number of hydrogen-bond donors (Lipinski definition) is 1. The molecular formula is C14H17BrClNO2. The van der Waals surface area contributed by atoms with E-state index in [2.05, 4.69) is 21.2 Å². The SMILES string of the molecule is O=C(COc1ccc(Cl)cc1)NCC1CCCC1Br. The first kappa shape index (κ1) is 14.7. The smallest absolute Gasteiger partial charge is 0.257 e. The molecular weight excluding hydrogens is 330 g/mol. The molecule has 1 aromatic carbocycles. The van der Waals surface area contributed by atoms with Gasteiger partial charge in [-0.2, -0.15) is 0 Å². The number of rotatable bonds is 5. The van der Waals surface area contributed by atoms with Crippen molar-refractivity contribution >= 4 is 33.4 Å². The number of halogens is 2. The summed E-state index contributed by atoms with van der Waals surface area (Å²) in [5.41, 5.74) is 0. The van der Waals surface area contributed by atoms with Crippen molar-refractivity contribution in [3.8, 4) is 5.75 Å². The van der Waals surface area contributed by atoms with Crippen LogP contribution < -0.4 is 10.1 Å². The lowest BCUT2D eigenvalue weighted by atomic mass is 10.1. The fourth-order valence-corrected chi connectivity index (χ4v) is 3.10. The Kier molecular flexibility index (Phi) is 5.52. The molecule has 104 valence electrons. The molecule has 1 amide bonds. The van der Waals surface area contributed by atoms with E-state index in [-0.39, 0.29) is 12.5 Å². The standard InChI is InChI=1S/C14H17BrClNO2/c15-13-3-1-2-10(13)8-17-14(18)9-19-12-6-4-11(16)5-7-12/h4-7,10,13H,1-3,8-9H2,(H,17,18). The van der Waals surface area contributed by atoms with Gasteiger partial charge in [-0.05, 0) is 43.0 Å². The molecule has 0 aromatic heterocycles. The van der Waals surface area contributed by atoms with Gasteiger partial charge in [-0.3, -0.25) is 4.79 Å². The minimum absolute atomic E-state index is 0.0430. The Bertz CT molecular complexity index is 424. The maximum absolute atomic E-state index is 11.7. The van der Waals surface area contributed by atoms with Crippen LogP contribution in [0.3, 0.4) is 0 Å². The van der Waals surface area contributed by atoms with Crippen molar-refractivity contribution in [3.63, 3.8) is 0 Å². The fourth-order valence-electron chi connectivity index (χ4n) is 2.20. The second-order valence-electron chi connectivity index (χ2n) is 4.75. The molecule has 1 aliphatic carbocycles. The molecule has 0 bridgehead atoms. The third kappa shape index (κ3) is 4.69. The van der Waals surface area contributed by atoms with Crippen molar-refractivity contribution in [3.05, 3.63) is 29.3 Å². The predicted octanol–water partition coefficient (Wildman–Crippen LogP) is 3.40. The van der Waals surface area contributed by atoms with Gasteiger partial charge in [0.25, 0.3) is 5.91 Å². The van der Waals surface area contributed by atoms with E-state index >= 15 is 0 Å². The Hall–Kier alpha value is -0.740. The first-order chi connectivity index (χ1) is 9.15. The van der Waals surface area contributed by atoms with E-state index < -0.39 is 0 Å². The van der Waals surface area contributed by atoms with Crippen LogP contribution in [0.1, 0.15) is 19.3 Å². The fraction of sp³-hybridized carbons (Fsp3) is 0.500. The first-order valence-electron chi connectivity index (χ1n) is 6.44. The number of amides is 1. The van der Waals surface area contributed by atoms with Crippen molar-refractivity contribution in [1.82, 2.24) is 5.32 Å². The average Bonchev–Trinajstić information content (AvgIpc) is 2.81. The number of carbonyl (C=O) groups is 1. The first-order valence-corrected chi connectivity index (χ1v) is 7.73. The summed E-state index contributed by atoms with van der Waals surface area (Å²) in [6.45, 7) is 0.764. The largest absolute Gasteiger partial charge is 0.484 e. The molecule has 1 saturated carbocycles. The van der Waals surface area contributed by atoms with E-state index in [0.29, 0.717) is 21.5 Å². The molecule has 0 radical (unpaired) electrons. The minimum Gasteiger partial charge on any atom is -0.484 e. The quantitative estimate of drug-likeness (QED) is 0.830. The van der Waals surface area contributed by atoms with Crippen LogP contribution in [-0.2, 0) is 4.79 Å². The Morgan fingerprint density at radius 2 is 2.11 bits per heavy atom. The monoisotopic (exact) mass is 345 g/mol. The Morgan fingerprint density at radius 3 is 2.74 bits per heavy atom. The topological polar surface area (TPSA) is 38.3 Å². The lowest BCUT2D eigenvalue weighted by Crippen LogP contribution is -2.34. The third-order valence-electron chi connectivity index (χ3n) is 3.31. The van der Waals surface area contributed by atoms with Crippen LogP contribution in [0, 0.1) is 5.92 Å². The van der Waals surface area contributed by atoms with Crippen molar-refractivity contribution in [1.29, 1.82) is 0 Å². The van der Waals surface area contributed by atoms with Gasteiger partial charge >= 0.3 is 0 Å². The number of ether oxygens (including phenoxy) is 1. The minimum atomic E-state index is -0.0819. The molecule has 1 N–H and O–H groups in total. The lowest BCUT2D eigenvalue weighted by molar-refractivity contribution is -0.123. The van der Waals surface area contributed by atoms with Gasteiger partial charge in [0.05, 0.1) is 0 Å². The molecule has 2 rings (SSSR count). The molecule has 0 spiro atoms. The van der Waals surface area contributed by atoms with Crippen molar-refractivity contribution < 1.29 is 9.53 Å². The summed E-state index contributed by atoms with van der Waals surface area (Å²) in [7, 11) is 0. The molecule has 0 aliphatic heterocycles. The molecule has 2 atom stereocenters. The van der Waals surface area contributed by atoms with E-state index in [1.807, 2.05) is 0 Å². The number of hydrogen-bond acceptors (Lipinski definition) is 2. The number of alkyl halides is 1. The summed E-state index contributed by atoms with van der Waals surface area (Å²) >= 11 is 9.41. The normalized spacial score (nSPS) is 22.2. The number of nitrogens with one attached hydrogen (secondary N) is 1. The molecule has 1 fully saturated rings. The maximum atomic E-state index is 11.7. The van der Waals surface area contributed by atoms with Crippen LogP contribution in [-0.4, -0.2) is 23.9 Å². The maximum Gasteiger partial charge on any atom is 0.257 e. The highest BCUT2D eigenvalue weighted by atomic mass is 79.9. The van der Waals surface area contributed by atoms with Gasteiger partial charge in [0.1, 0.15) is 5.75 Å². The van der Waals surface area contributed by atoms with Crippen LogP contribution in [0.15, 0.2) is 24.3 Å². The lowest BCUT2D eigenvalue weighted by Gasteiger charge is -2.14. The van der Waals surface area contributed by atoms with Gasteiger partial charge in [-0.25, -0.2) is 0 Å². The van der Waals surface area contributed by atoms with Gasteiger partial charge in [0.2, 0.25) is 0 Å². The molecule has 2 unspecified atom stereocenters. The molecule has 5 heteroatoms. The molecule has 3 nitrogen and oxygen atoms in total. The molecule has 19 heavy (non-hydrogen) atoms. The summed E-state index contributed by atoms with van der Waals surface area (Å²) < 4.78 is 5.38. The number of carbonyl (C=O) groups excluding carboxylic acids is 1. The Labute approximate surface area is 126 Å². The Balaban J connectivity index is 1.68. The third-order valence-corrected chi connectivity index (χ3v) is 4.77. The number of benzene rings is 1. The van der Waals surface area contributed by atoms with Crippen molar-refractivity contribution in [2.24, 2.45) is 5.92 Å². The summed E-state index contributed by atoms with van der Waals surface area (Å²) in [4.78, 5) is 12.2. The van der Waals surface area contributed by atoms with Gasteiger partial charge < -0.3 is 10.1 Å². The second-order valence-corrected chi connectivity index (χ2v) is 6.37. The van der Waals surface area contributed by atoms with E-state index in [4.69, 9.17) is 16.3 Å².